The molecule has 0 atom stereocenters. The molecule has 1 heterocycles. The molecule has 0 N–H and O–H groups in total. The number of rotatable bonds is 1. The molecule has 0 saturated heterocycles. The molecule has 1 rings (SSSR count). The lowest BCUT2D eigenvalue weighted by Gasteiger charge is -2.16. The third-order valence-corrected chi connectivity index (χ3v) is 1.19. The van der Waals surface area contributed by atoms with E-state index in [0.717, 1.165) is 12.3 Å². The van der Waals surface area contributed by atoms with Gasteiger partial charge in [-0.1, -0.05) is 0 Å². The van der Waals surface area contributed by atoms with Gasteiger partial charge < -0.3 is 4.42 Å². The first-order chi connectivity index (χ1) is 5.36. The summed E-state index contributed by atoms with van der Waals surface area (Å²) in [4.78, 5) is 0. The second-order valence-electron chi connectivity index (χ2n) is 2.05. The van der Waals surface area contributed by atoms with Crippen molar-refractivity contribution in [2.24, 2.45) is 0 Å². The predicted octanol–water partition coefficient (Wildman–Crippen LogP) is 2.93. The van der Waals surface area contributed by atoms with Crippen molar-refractivity contribution in [2.75, 3.05) is 0 Å². The molecule has 0 fully saturated rings. The van der Waals surface area contributed by atoms with Crippen LogP contribution in [0.3, 0.4) is 0 Å². The van der Waals surface area contributed by atoms with E-state index in [4.69, 9.17) is 0 Å². The molecular weight excluding hydrogens is 183 g/mol. The zero-order valence-electron chi connectivity index (χ0n) is 5.53. The van der Waals surface area contributed by atoms with Crippen LogP contribution in [0, 0.1) is 0 Å². The van der Waals surface area contributed by atoms with E-state index >= 15 is 0 Å². The lowest BCUT2D eigenvalue weighted by Crippen LogP contribution is -2.33. The molecular formula is C6H3F5O. The Labute approximate surface area is 63.8 Å². The lowest BCUT2D eigenvalue weighted by molar-refractivity contribution is -0.295. The van der Waals surface area contributed by atoms with Gasteiger partial charge in [-0.25, -0.2) is 0 Å². The Morgan fingerprint density at radius 3 is 2.00 bits per heavy atom. The average Bonchev–Trinajstić information content (AvgIpc) is 2.34. The van der Waals surface area contributed by atoms with Crippen LogP contribution < -0.4 is 0 Å². The highest BCUT2D eigenvalue weighted by atomic mass is 19.4. The summed E-state index contributed by atoms with van der Waals surface area (Å²) in [6, 6.07) is 1.54. The van der Waals surface area contributed by atoms with Crippen LogP contribution in [0.15, 0.2) is 22.8 Å². The molecule has 0 radical (unpaired) electrons. The van der Waals surface area contributed by atoms with Crippen molar-refractivity contribution in [1.82, 2.24) is 0 Å². The molecule has 0 aliphatic carbocycles. The summed E-state index contributed by atoms with van der Waals surface area (Å²) >= 11 is 0. The molecule has 0 saturated carbocycles. The van der Waals surface area contributed by atoms with Gasteiger partial charge in [0.25, 0.3) is 0 Å². The van der Waals surface area contributed by atoms with Crippen molar-refractivity contribution < 1.29 is 26.4 Å². The predicted molar refractivity (Wildman–Crippen MR) is 28.7 cm³/mol. The van der Waals surface area contributed by atoms with Crippen molar-refractivity contribution in [3.63, 3.8) is 0 Å². The number of halogens is 5. The molecule has 0 aliphatic heterocycles. The maximum absolute atomic E-state index is 12.3. The van der Waals surface area contributed by atoms with E-state index in [9.17, 15) is 22.0 Å². The van der Waals surface area contributed by atoms with Crippen molar-refractivity contribution >= 4 is 0 Å². The van der Waals surface area contributed by atoms with Crippen LogP contribution in [-0.2, 0) is 5.92 Å². The maximum Gasteiger partial charge on any atom is 0.461 e. The molecule has 0 amide bonds. The molecule has 0 unspecified atom stereocenters. The highest BCUT2D eigenvalue weighted by Gasteiger charge is 2.60. The summed E-state index contributed by atoms with van der Waals surface area (Å²) in [7, 11) is 0. The van der Waals surface area contributed by atoms with Gasteiger partial charge in [-0.15, -0.1) is 0 Å². The van der Waals surface area contributed by atoms with E-state index in [1.165, 1.54) is 0 Å². The van der Waals surface area contributed by atoms with E-state index in [2.05, 4.69) is 4.42 Å². The van der Waals surface area contributed by atoms with Gasteiger partial charge in [0.05, 0.1) is 6.26 Å². The van der Waals surface area contributed by atoms with Crippen molar-refractivity contribution in [3.05, 3.63) is 24.2 Å². The maximum atomic E-state index is 12.3. The van der Waals surface area contributed by atoms with Crippen LogP contribution in [0.5, 0.6) is 0 Å². The average molecular weight is 186 g/mol. The van der Waals surface area contributed by atoms with Gasteiger partial charge in [0.2, 0.25) is 0 Å². The summed E-state index contributed by atoms with van der Waals surface area (Å²) in [5.41, 5.74) is 0. The number of hydrogen-bond donors (Lipinski definition) is 0. The molecule has 68 valence electrons. The zero-order chi connectivity index (χ0) is 9.41. The molecule has 0 bridgehead atoms. The number of furan rings is 1. The van der Waals surface area contributed by atoms with Crippen molar-refractivity contribution in [1.29, 1.82) is 0 Å². The summed E-state index contributed by atoms with van der Waals surface area (Å²) in [6.45, 7) is 0. The van der Waals surface area contributed by atoms with Crippen LogP contribution in [0.2, 0.25) is 0 Å². The molecule has 6 heteroatoms. The molecule has 1 aromatic heterocycles. The van der Waals surface area contributed by atoms with Gasteiger partial charge in [-0.05, 0) is 12.1 Å². The highest BCUT2D eigenvalue weighted by molar-refractivity contribution is 5.07. The Morgan fingerprint density at radius 2 is 1.67 bits per heavy atom. The quantitative estimate of drug-likeness (QED) is 0.614. The van der Waals surface area contributed by atoms with Crippen LogP contribution in [0.4, 0.5) is 22.0 Å². The molecule has 1 nitrogen and oxygen atoms in total. The molecule has 0 spiro atoms. The van der Waals surface area contributed by atoms with Crippen LogP contribution >= 0.6 is 0 Å². The van der Waals surface area contributed by atoms with E-state index in [0.29, 0.717) is 6.07 Å². The normalized spacial score (nSPS) is 13.4. The van der Waals surface area contributed by atoms with Crippen molar-refractivity contribution in [2.45, 2.75) is 12.1 Å². The highest BCUT2D eigenvalue weighted by Crippen LogP contribution is 2.43. The minimum Gasteiger partial charge on any atom is -0.463 e. The Bertz CT molecular complexity index is 247. The monoisotopic (exact) mass is 186 g/mol. The van der Waals surface area contributed by atoms with Gasteiger partial charge in [-0.2, -0.15) is 22.0 Å². The van der Waals surface area contributed by atoms with Gasteiger partial charge in [-0.3, -0.25) is 0 Å². The Kier molecular flexibility index (Phi) is 1.85. The second-order valence-corrected chi connectivity index (χ2v) is 2.05. The summed E-state index contributed by atoms with van der Waals surface area (Å²) < 4.78 is 63.3. The standard InChI is InChI=1S/C6H3F5O/c7-5(8,6(9,10)11)4-2-1-3-12-4/h1-3H. The van der Waals surface area contributed by atoms with Gasteiger partial charge in [0.1, 0.15) is 0 Å². The third-order valence-electron chi connectivity index (χ3n) is 1.19. The smallest absolute Gasteiger partial charge is 0.461 e. The van der Waals surface area contributed by atoms with Crippen LogP contribution in [0.25, 0.3) is 0 Å². The fourth-order valence-corrected chi connectivity index (χ4v) is 0.597. The molecule has 1 aromatic rings. The number of hydrogen-bond acceptors (Lipinski definition) is 1. The minimum atomic E-state index is -5.61. The zero-order valence-corrected chi connectivity index (χ0v) is 5.53. The van der Waals surface area contributed by atoms with Gasteiger partial charge >= 0.3 is 12.1 Å². The van der Waals surface area contributed by atoms with E-state index < -0.39 is 17.9 Å². The topological polar surface area (TPSA) is 13.1 Å². The van der Waals surface area contributed by atoms with Crippen molar-refractivity contribution in [3.8, 4) is 0 Å². The largest absolute Gasteiger partial charge is 0.463 e. The minimum absolute atomic E-state index is 0.577. The van der Waals surface area contributed by atoms with Gasteiger partial charge in [0, 0.05) is 0 Å². The van der Waals surface area contributed by atoms with Crippen LogP contribution in [0.1, 0.15) is 5.76 Å². The SMILES string of the molecule is FC(F)(F)C(F)(F)c1ccco1. The fourth-order valence-electron chi connectivity index (χ4n) is 0.597. The molecule has 0 aliphatic rings. The first-order valence-corrected chi connectivity index (χ1v) is 2.84. The third kappa shape index (κ3) is 1.28. The lowest BCUT2D eigenvalue weighted by atomic mass is 10.2. The summed E-state index contributed by atoms with van der Waals surface area (Å²) in [5, 5.41) is 0. The first-order valence-electron chi connectivity index (χ1n) is 2.84. The first kappa shape index (κ1) is 9.02. The van der Waals surface area contributed by atoms with E-state index in [-0.39, 0.29) is 0 Å². The van der Waals surface area contributed by atoms with E-state index in [1.54, 1.807) is 0 Å². The van der Waals surface area contributed by atoms with Crippen LogP contribution in [-0.4, -0.2) is 6.18 Å². The summed E-state index contributed by atoms with van der Waals surface area (Å²) in [6.07, 6.45) is -4.85. The number of alkyl halides is 5. The summed E-state index contributed by atoms with van der Waals surface area (Å²) in [5.74, 6) is -6.30. The Hall–Kier alpha value is -1.07. The fraction of sp³-hybridized carbons (Fsp3) is 0.333. The molecule has 12 heavy (non-hydrogen) atoms. The Balaban J connectivity index is 3.02. The second kappa shape index (κ2) is 2.46. The Morgan fingerprint density at radius 1 is 1.08 bits per heavy atom. The van der Waals surface area contributed by atoms with Gasteiger partial charge in [0.15, 0.2) is 5.76 Å². The molecule has 0 aromatic carbocycles. The van der Waals surface area contributed by atoms with E-state index in [1.807, 2.05) is 0 Å².